The summed E-state index contributed by atoms with van der Waals surface area (Å²) in [5, 5.41) is 13.9. The van der Waals surface area contributed by atoms with E-state index in [4.69, 9.17) is 5.73 Å². The molecule has 132 valence electrons. The lowest BCUT2D eigenvalue weighted by molar-refractivity contribution is -0.384. The molecule has 1 aromatic heterocycles. The summed E-state index contributed by atoms with van der Waals surface area (Å²) >= 11 is 1.01. The molecule has 1 unspecified atom stereocenters. The van der Waals surface area contributed by atoms with Gasteiger partial charge in [0, 0.05) is 17.7 Å². The molecule has 0 bridgehead atoms. The van der Waals surface area contributed by atoms with Gasteiger partial charge in [-0.25, -0.2) is 9.78 Å². The number of nitro benzene ring substituents is 1. The molecule has 9 nitrogen and oxygen atoms in total. The van der Waals surface area contributed by atoms with Crippen molar-refractivity contribution in [1.82, 2.24) is 4.98 Å². The normalized spacial score (nSPS) is 11.6. The predicted octanol–water partition coefficient (Wildman–Crippen LogP) is 2.23. The Labute approximate surface area is 147 Å². The van der Waals surface area contributed by atoms with Gasteiger partial charge in [-0.15, -0.1) is 0 Å². The standard InChI is InChI=1S/C15H16N4O5S/c1-3-10(14(21)24-2)17-15-18-13(16)12(25-15)11(20)8-4-6-9(7-5-8)19(22)23/h4-7,10H,3,16H2,1-2H3,(H,17,18). The van der Waals surface area contributed by atoms with Crippen molar-refractivity contribution in [1.29, 1.82) is 0 Å². The van der Waals surface area contributed by atoms with E-state index < -0.39 is 22.7 Å². The summed E-state index contributed by atoms with van der Waals surface area (Å²) in [6.45, 7) is 1.80. The number of nitrogen functional groups attached to an aromatic ring is 1. The molecule has 0 saturated carbocycles. The first-order chi connectivity index (χ1) is 11.9. The van der Waals surface area contributed by atoms with Crippen LogP contribution in [-0.4, -0.2) is 34.8 Å². The molecule has 10 heteroatoms. The van der Waals surface area contributed by atoms with Crippen molar-refractivity contribution < 1.29 is 19.2 Å². The number of esters is 1. The summed E-state index contributed by atoms with van der Waals surface area (Å²) in [4.78, 5) is 38.5. The Balaban J connectivity index is 2.22. The van der Waals surface area contributed by atoms with Crippen LogP contribution in [0.2, 0.25) is 0 Å². The average Bonchev–Trinajstić information content (AvgIpc) is 2.98. The Morgan fingerprint density at radius 1 is 1.40 bits per heavy atom. The largest absolute Gasteiger partial charge is 0.467 e. The Kier molecular flexibility index (Phi) is 5.65. The first-order valence-corrected chi connectivity index (χ1v) is 8.08. The minimum Gasteiger partial charge on any atom is -0.467 e. The van der Waals surface area contributed by atoms with Gasteiger partial charge in [0.05, 0.1) is 12.0 Å². The number of hydrogen-bond donors (Lipinski definition) is 2. The molecule has 25 heavy (non-hydrogen) atoms. The van der Waals surface area contributed by atoms with Crippen molar-refractivity contribution >= 4 is 39.7 Å². The number of benzene rings is 1. The summed E-state index contributed by atoms with van der Waals surface area (Å²) < 4.78 is 4.68. The van der Waals surface area contributed by atoms with Gasteiger partial charge in [-0.2, -0.15) is 0 Å². The maximum Gasteiger partial charge on any atom is 0.328 e. The van der Waals surface area contributed by atoms with Gasteiger partial charge in [0.2, 0.25) is 5.78 Å². The van der Waals surface area contributed by atoms with E-state index in [2.05, 4.69) is 15.0 Å². The second-order valence-corrected chi connectivity index (χ2v) is 5.99. The van der Waals surface area contributed by atoms with Crippen LogP contribution in [0.1, 0.15) is 28.6 Å². The predicted molar refractivity (Wildman–Crippen MR) is 92.8 cm³/mol. The zero-order chi connectivity index (χ0) is 18.6. The number of nitro groups is 1. The third-order valence-electron chi connectivity index (χ3n) is 3.39. The van der Waals surface area contributed by atoms with Crippen LogP contribution in [0.3, 0.4) is 0 Å². The molecule has 0 radical (unpaired) electrons. The maximum absolute atomic E-state index is 12.5. The van der Waals surface area contributed by atoms with Crippen LogP contribution in [-0.2, 0) is 9.53 Å². The van der Waals surface area contributed by atoms with Crippen LogP contribution >= 0.6 is 11.3 Å². The number of ketones is 1. The van der Waals surface area contributed by atoms with E-state index in [0.717, 1.165) is 11.3 Å². The van der Waals surface area contributed by atoms with Crippen LogP contribution in [0.25, 0.3) is 0 Å². The number of hydrogen-bond acceptors (Lipinski definition) is 9. The molecular weight excluding hydrogens is 348 g/mol. The second kappa shape index (κ2) is 7.71. The minimum absolute atomic E-state index is 0.0237. The Morgan fingerprint density at radius 3 is 2.56 bits per heavy atom. The van der Waals surface area contributed by atoms with Crippen molar-refractivity contribution in [2.75, 3.05) is 18.2 Å². The first-order valence-electron chi connectivity index (χ1n) is 7.27. The van der Waals surface area contributed by atoms with E-state index in [0.29, 0.717) is 11.6 Å². The molecule has 1 atom stereocenters. The number of nitrogens with one attached hydrogen (secondary N) is 1. The summed E-state index contributed by atoms with van der Waals surface area (Å²) in [6, 6.07) is 4.60. The van der Waals surface area contributed by atoms with E-state index >= 15 is 0 Å². The highest BCUT2D eigenvalue weighted by atomic mass is 32.1. The van der Waals surface area contributed by atoms with Gasteiger partial charge in [-0.3, -0.25) is 14.9 Å². The topological polar surface area (TPSA) is 137 Å². The van der Waals surface area contributed by atoms with Gasteiger partial charge in [-0.05, 0) is 18.6 Å². The number of methoxy groups -OCH3 is 1. The molecular formula is C15H16N4O5S. The molecule has 0 aliphatic heterocycles. The highest BCUT2D eigenvalue weighted by molar-refractivity contribution is 7.18. The number of nitrogens with zero attached hydrogens (tertiary/aromatic N) is 2. The third kappa shape index (κ3) is 4.10. The maximum atomic E-state index is 12.5. The van der Waals surface area contributed by atoms with Crippen LogP contribution < -0.4 is 11.1 Å². The van der Waals surface area contributed by atoms with Crippen molar-refractivity contribution in [2.45, 2.75) is 19.4 Å². The van der Waals surface area contributed by atoms with E-state index in [9.17, 15) is 19.7 Å². The average molecular weight is 364 g/mol. The van der Waals surface area contributed by atoms with Gasteiger partial charge in [0.15, 0.2) is 5.13 Å². The second-order valence-electron chi connectivity index (χ2n) is 4.99. The van der Waals surface area contributed by atoms with E-state index in [1.807, 2.05) is 0 Å². The quantitative estimate of drug-likeness (QED) is 0.330. The highest BCUT2D eigenvalue weighted by Gasteiger charge is 2.22. The molecule has 1 heterocycles. The molecule has 0 aliphatic carbocycles. The SMILES string of the molecule is CCC(Nc1nc(N)c(C(=O)c2ccc([N+](=O)[O-])cc2)s1)C(=O)OC. The van der Waals surface area contributed by atoms with Gasteiger partial charge in [-0.1, -0.05) is 18.3 Å². The monoisotopic (exact) mass is 364 g/mol. The summed E-state index contributed by atoms with van der Waals surface area (Å²) in [7, 11) is 1.28. The molecule has 3 N–H and O–H groups in total. The third-order valence-corrected chi connectivity index (χ3v) is 4.39. The molecule has 2 rings (SSSR count). The zero-order valence-corrected chi connectivity index (χ0v) is 14.3. The van der Waals surface area contributed by atoms with E-state index in [1.165, 1.54) is 31.4 Å². The number of aromatic nitrogens is 1. The van der Waals surface area contributed by atoms with Gasteiger partial charge < -0.3 is 15.8 Å². The lowest BCUT2D eigenvalue weighted by atomic mass is 10.1. The lowest BCUT2D eigenvalue weighted by Crippen LogP contribution is -2.29. The fourth-order valence-corrected chi connectivity index (χ4v) is 2.94. The van der Waals surface area contributed by atoms with Crippen LogP contribution in [0, 0.1) is 10.1 Å². The van der Waals surface area contributed by atoms with E-state index in [1.54, 1.807) is 6.92 Å². The molecule has 0 aliphatic rings. The first kappa shape index (κ1) is 18.3. The van der Waals surface area contributed by atoms with Crippen LogP contribution in [0.5, 0.6) is 0 Å². The number of carbonyl (C=O) groups is 2. The minimum atomic E-state index is -0.599. The molecule has 2 aromatic rings. The fourth-order valence-electron chi connectivity index (χ4n) is 2.04. The van der Waals surface area contributed by atoms with Crippen molar-refractivity contribution in [2.24, 2.45) is 0 Å². The van der Waals surface area contributed by atoms with Crippen molar-refractivity contribution in [3.05, 3.63) is 44.8 Å². The zero-order valence-electron chi connectivity index (χ0n) is 13.5. The Hall–Kier alpha value is -3.01. The summed E-state index contributed by atoms with van der Waals surface area (Å²) in [6.07, 6.45) is 0.470. The molecule has 0 spiro atoms. The number of thiazole rings is 1. The highest BCUT2D eigenvalue weighted by Crippen LogP contribution is 2.28. The fraction of sp³-hybridized carbons (Fsp3) is 0.267. The number of carbonyl (C=O) groups excluding carboxylic acids is 2. The smallest absolute Gasteiger partial charge is 0.328 e. The van der Waals surface area contributed by atoms with Gasteiger partial charge in [0.1, 0.15) is 16.7 Å². The van der Waals surface area contributed by atoms with Gasteiger partial charge in [0.25, 0.3) is 5.69 Å². The number of ether oxygens (including phenoxy) is 1. The van der Waals surface area contributed by atoms with Crippen molar-refractivity contribution in [3.8, 4) is 0 Å². The number of rotatable bonds is 7. The molecule has 0 saturated heterocycles. The molecule has 1 aromatic carbocycles. The van der Waals surface area contributed by atoms with E-state index in [-0.39, 0.29) is 21.9 Å². The molecule has 0 fully saturated rings. The number of non-ortho nitro benzene ring substituents is 1. The van der Waals surface area contributed by atoms with Crippen LogP contribution in [0.15, 0.2) is 24.3 Å². The lowest BCUT2D eigenvalue weighted by Gasteiger charge is -2.12. The Morgan fingerprint density at radius 2 is 2.04 bits per heavy atom. The Bertz CT molecular complexity index is 803. The van der Waals surface area contributed by atoms with Crippen LogP contribution in [0.4, 0.5) is 16.6 Å². The summed E-state index contributed by atoms with van der Waals surface area (Å²) in [5.74, 6) is -0.820. The summed E-state index contributed by atoms with van der Waals surface area (Å²) in [5.41, 5.74) is 5.94. The molecule has 0 amide bonds. The van der Waals surface area contributed by atoms with Gasteiger partial charge >= 0.3 is 5.97 Å². The number of anilines is 2. The van der Waals surface area contributed by atoms with Crippen molar-refractivity contribution in [3.63, 3.8) is 0 Å². The number of nitrogens with two attached hydrogens (primary N) is 1.